The number of aromatic nitrogens is 3. The van der Waals surface area contributed by atoms with Crippen LogP contribution in [0.25, 0.3) is 5.69 Å². The molecule has 0 radical (unpaired) electrons. The summed E-state index contributed by atoms with van der Waals surface area (Å²) in [4.78, 5) is 21.3. The van der Waals surface area contributed by atoms with Crippen molar-refractivity contribution in [2.24, 2.45) is 0 Å². The highest BCUT2D eigenvalue weighted by molar-refractivity contribution is 7.15. The number of hydrogen-bond acceptors (Lipinski definition) is 5. The minimum absolute atomic E-state index is 0.122. The molecule has 3 heterocycles. The highest BCUT2D eigenvalue weighted by Crippen LogP contribution is 2.30. The van der Waals surface area contributed by atoms with Gasteiger partial charge in [-0.2, -0.15) is 5.10 Å². The summed E-state index contributed by atoms with van der Waals surface area (Å²) in [5, 5.41) is 8.79. The van der Waals surface area contributed by atoms with E-state index < -0.39 is 0 Å². The number of nitrogens with one attached hydrogen (secondary N) is 1. The molecule has 0 atom stereocenters. The lowest BCUT2D eigenvalue weighted by Crippen LogP contribution is -2.29. The van der Waals surface area contributed by atoms with Gasteiger partial charge in [0, 0.05) is 29.4 Å². The van der Waals surface area contributed by atoms with E-state index in [0.717, 1.165) is 43.1 Å². The second-order valence-electron chi connectivity index (χ2n) is 7.45. The van der Waals surface area contributed by atoms with Gasteiger partial charge in [-0.15, -0.1) is 11.3 Å². The van der Waals surface area contributed by atoms with Crippen LogP contribution >= 0.6 is 22.9 Å². The lowest BCUT2D eigenvalue weighted by Gasteiger charge is -2.23. The van der Waals surface area contributed by atoms with Gasteiger partial charge in [0.05, 0.1) is 28.8 Å². The number of rotatable bonds is 5. The number of nitrogens with zero attached hydrogens (tertiary/aromatic N) is 4. The largest absolute Gasteiger partial charge is 0.298 e. The average Bonchev–Trinajstić information content (AvgIpc) is 3.31. The molecule has 8 heteroatoms. The van der Waals surface area contributed by atoms with E-state index in [2.05, 4.69) is 41.1 Å². The molecule has 0 aliphatic carbocycles. The molecule has 152 valence electrons. The third-order valence-electron chi connectivity index (χ3n) is 5.15. The number of likely N-dealkylation sites (N-methyl/N-ethyl adjacent to an activating group) is 1. The highest BCUT2D eigenvalue weighted by atomic mass is 35.5. The van der Waals surface area contributed by atoms with Crippen molar-refractivity contribution in [2.45, 2.75) is 39.7 Å². The number of thiazole rings is 1. The summed E-state index contributed by atoms with van der Waals surface area (Å²) >= 11 is 7.58. The third-order valence-corrected chi connectivity index (χ3v) is 6.40. The molecule has 0 spiro atoms. The van der Waals surface area contributed by atoms with Crippen LogP contribution in [-0.2, 0) is 13.0 Å². The van der Waals surface area contributed by atoms with Crippen LogP contribution in [0.1, 0.15) is 53.3 Å². The monoisotopic (exact) mass is 429 g/mol. The molecule has 0 bridgehead atoms. The predicted octanol–water partition coefficient (Wildman–Crippen LogP) is 4.74. The second-order valence-corrected chi connectivity index (χ2v) is 8.97. The molecule has 1 aliphatic rings. The fraction of sp³-hybridized carbons (Fsp3) is 0.381. The van der Waals surface area contributed by atoms with Crippen LogP contribution < -0.4 is 5.32 Å². The molecule has 1 aliphatic heterocycles. The Morgan fingerprint density at radius 3 is 2.76 bits per heavy atom. The minimum atomic E-state index is -0.174. The summed E-state index contributed by atoms with van der Waals surface area (Å²) in [6.45, 7) is 9.24. The van der Waals surface area contributed by atoms with Crippen molar-refractivity contribution in [3.05, 3.63) is 57.3 Å². The van der Waals surface area contributed by atoms with Crippen molar-refractivity contribution in [3.63, 3.8) is 0 Å². The van der Waals surface area contributed by atoms with Gasteiger partial charge >= 0.3 is 0 Å². The molecule has 1 N–H and O–H groups in total. The number of hydrogen-bond donors (Lipinski definition) is 1. The van der Waals surface area contributed by atoms with Crippen molar-refractivity contribution < 1.29 is 4.79 Å². The Balaban J connectivity index is 1.59. The maximum atomic E-state index is 13.0. The number of carbonyl (C=O) groups excluding carboxylic acids is 1. The van der Waals surface area contributed by atoms with Gasteiger partial charge in [0.25, 0.3) is 5.91 Å². The Bertz CT molecular complexity index is 1020. The fourth-order valence-corrected chi connectivity index (χ4v) is 4.78. The maximum absolute atomic E-state index is 13.0. The first kappa shape index (κ1) is 20.1. The van der Waals surface area contributed by atoms with Crippen molar-refractivity contribution in [2.75, 3.05) is 18.4 Å². The summed E-state index contributed by atoms with van der Waals surface area (Å²) in [6.07, 6.45) is 2.56. The van der Waals surface area contributed by atoms with Crippen LogP contribution in [0.2, 0.25) is 5.02 Å². The van der Waals surface area contributed by atoms with Gasteiger partial charge in [-0.25, -0.2) is 9.67 Å². The van der Waals surface area contributed by atoms with E-state index in [9.17, 15) is 4.79 Å². The standard InChI is InChI=1S/C21H24ClN5OS/c1-4-26-10-9-17-18(12-26)29-21(24-17)25-20(28)16-11-23-27(19(16)13(2)3)15-7-5-14(22)6-8-15/h5-8,11,13H,4,9-10,12H2,1-3H3,(H,24,25,28). The second kappa shape index (κ2) is 8.26. The molecule has 0 fully saturated rings. The summed E-state index contributed by atoms with van der Waals surface area (Å²) in [7, 11) is 0. The van der Waals surface area contributed by atoms with Crippen LogP contribution in [0.3, 0.4) is 0 Å². The van der Waals surface area contributed by atoms with E-state index in [4.69, 9.17) is 11.6 Å². The number of fused-ring (bicyclic) bond motifs is 1. The van der Waals surface area contributed by atoms with Crippen molar-refractivity contribution >= 4 is 34.0 Å². The van der Waals surface area contributed by atoms with Crippen molar-refractivity contribution in [1.82, 2.24) is 19.7 Å². The van der Waals surface area contributed by atoms with E-state index >= 15 is 0 Å². The van der Waals surface area contributed by atoms with E-state index in [1.807, 2.05) is 28.9 Å². The number of halogens is 1. The number of carbonyl (C=O) groups is 1. The Kier molecular flexibility index (Phi) is 5.72. The average molecular weight is 430 g/mol. The van der Waals surface area contributed by atoms with Gasteiger partial charge in [-0.1, -0.05) is 32.4 Å². The molecule has 0 unspecified atom stereocenters. The molecular weight excluding hydrogens is 406 g/mol. The van der Waals surface area contributed by atoms with Crippen molar-refractivity contribution in [1.29, 1.82) is 0 Å². The molecule has 29 heavy (non-hydrogen) atoms. The first-order valence-electron chi connectivity index (χ1n) is 9.82. The van der Waals surface area contributed by atoms with Gasteiger partial charge in [0.1, 0.15) is 0 Å². The number of anilines is 1. The molecule has 0 saturated heterocycles. The zero-order valence-electron chi connectivity index (χ0n) is 16.8. The highest BCUT2D eigenvalue weighted by Gasteiger charge is 2.24. The van der Waals surface area contributed by atoms with Crippen molar-refractivity contribution in [3.8, 4) is 5.69 Å². The van der Waals surface area contributed by atoms with Crippen LogP contribution in [0, 0.1) is 0 Å². The molecule has 1 aromatic carbocycles. The summed E-state index contributed by atoms with van der Waals surface area (Å²) in [6, 6.07) is 7.44. The first-order valence-corrected chi connectivity index (χ1v) is 11.0. The maximum Gasteiger partial charge on any atom is 0.260 e. The molecule has 1 amide bonds. The Labute approximate surface area is 179 Å². The lowest BCUT2D eigenvalue weighted by atomic mass is 10.1. The van der Waals surface area contributed by atoms with Crippen LogP contribution in [0.15, 0.2) is 30.5 Å². The zero-order valence-corrected chi connectivity index (χ0v) is 18.3. The molecule has 0 saturated carbocycles. The number of amides is 1. The molecule has 3 aromatic rings. The van der Waals surface area contributed by atoms with Crippen LogP contribution in [0.5, 0.6) is 0 Å². The van der Waals surface area contributed by atoms with E-state index in [-0.39, 0.29) is 11.8 Å². The topological polar surface area (TPSA) is 63.1 Å². The summed E-state index contributed by atoms with van der Waals surface area (Å²) in [5.41, 5.74) is 3.42. The first-order chi connectivity index (χ1) is 14.0. The van der Waals surface area contributed by atoms with Gasteiger partial charge in [0.15, 0.2) is 5.13 Å². The molecule has 4 rings (SSSR count). The third kappa shape index (κ3) is 4.08. The lowest BCUT2D eigenvalue weighted by molar-refractivity contribution is 0.102. The molecule has 6 nitrogen and oxygen atoms in total. The Morgan fingerprint density at radius 1 is 1.31 bits per heavy atom. The van der Waals surface area contributed by atoms with Crippen LogP contribution in [-0.4, -0.2) is 38.7 Å². The van der Waals surface area contributed by atoms with E-state index in [0.29, 0.717) is 15.7 Å². The zero-order chi connectivity index (χ0) is 20.5. The SMILES string of the molecule is CCN1CCc2nc(NC(=O)c3cnn(-c4ccc(Cl)cc4)c3C(C)C)sc2C1. The minimum Gasteiger partial charge on any atom is -0.298 e. The quantitative estimate of drug-likeness (QED) is 0.636. The van der Waals surface area contributed by atoms with E-state index in [1.165, 1.54) is 4.88 Å². The normalized spacial score (nSPS) is 14.2. The van der Waals surface area contributed by atoms with Gasteiger partial charge in [-0.3, -0.25) is 15.0 Å². The van der Waals surface area contributed by atoms with Gasteiger partial charge < -0.3 is 0 Å². The summed E-state index contributed by atoms with van der Waals surface area (Å²) in [5.74, 6) is -0.0519. The van der Waals surface area contributed by atoms with Crippen LogP contribution in [0.4, 0.5) is 5.13 Å². The van der Waals surface area contributed by atoms with Gasteiger partial charge in [0.2, 0.25) is 0 Å². The fourth-order valence-electron chi connectivity index (χ4n) is 3.61. The Hall–Kier alpha value is -2.22. The number of benzene rings is 1. The summed E-state index contributed by atoms with van der Waals surface area (Å²) < 4.78 is 1.81. The smallest absolute Gasteiger partial charge is 0.260 e. The predicted molar refractivity (Wildman–Crippen MR) is 117 cm³/mol. The molecular formula is C21H24ClN5OS. The van der Waals surface area contributed by atoms with E-state index in [1.54, 1.807) is 17.5 Å². The molecule has 2 aromatic heterocycles. The Morgan fingerprint density at radius 2 is 2.07 bits per heavy atom. The van der Waals surface area contributed by atoms with Gasteiger partial charge in [-0.05, 0) is 36.7 Å².